The highest BCUT2D eigenvalue weighted by molar-refractivity contribution is 7.91. The predicted octanol–water partition coefficient (Wildman–Crippen LogP) is -0.0641. The summed E-state index contributed by atoms with van der Waals surface area (Å²) in [6, 6.07) is -0.00786. The zero-order valence-corrected chi connectivity index (χ0v) is 10.4. The second-order valence-electron chi connectivity index (χ2n) is 4.38. The van der Waals surface area contributed by atoms with Crippen molar-refractivity contribution < 1.29 is 12.8 Å². The highest BCUT2D eigenvalue weighted by atomic mass is 32.2. The van der Waals surface area contributed by atoms with E-state index in [0.717, 1.165) is 0 Å². The van der Waals surface area contributed by atoms with Crippen LogP contribution in [0.25, 0.3) is 0 Å². The van der Waals surface area contributed by atoms with Crippen LogP contribution in [0.5, 0.6) is 0 Å². The largest absolute Gasteiger partial charge is 0.406 e. The highest BCUT2D eigenvalue weighted by Gasteiger charge is 2.27. The summed E-state index contributed by atoms with van der Waals surface area (Å²) in [5.74, 6) is 0.986. The molecule has 1 aromatic heterocycles. The molecule has 0 radical (unpaired) electrons. The van der Waals surface area contributed by atoms with E-state index in [2.05, 4.69) is 15.5 Å². The van der Waals surface area contributed by atoms with Gasteiger partial charge in [-0.05, 0) is 19.3 Å². The smallest absolute Gasteiger partial charge is 0.315 e. The van der Waals surface area contributed by atoms with Crippen LogP contribution < -0.4 is 11.1 Å². The van der Waals surface area contributed by atoms with Crippen LogP contribution >= 0.6 is 0 Å². The number of aromatic nitrogens is 2. The van der Waals surface area contributed by atoms with Gasteiger partial charge in [-0.3, -0.25) is 0 Å². The summed E-state index contributed by atoms with van der Waals surface area (Å²) in [5, 5.41) is 10.5. The van der Waals surface area contributed by atoms with Gasteiger partial charge in [0.15, 0.2) is 9.84 Å². The fraction of sp³-hybridized carbons (Fsp3) is 0.778. The van der Waals surface area contributed by atoms with Crippen LogP contribution in [-0.4, -0.2) is 36.7 Å². The van der Waals surface area contributed by atoms with Crippen molar-refractivity contribution in [1.82, 2.24) is 10.2 Å². The van der Waals surface area contributed by atoms with Crippen molar-refractivity contribution in [3.63, 3.8) is 0 Å². The van der Waals surface area contributed by atoms with Crippen LogP contribution in [0.1, 0.15) is 25.3 Å². The van der Waals surface area contributed by atoms with Gasteiger partial charge in [-0.25, -0.2) is 8.42 Å². The lowest BCUT2D eigenvalue weighted by molar-refractivity contribution is 0.469. The lowest BCUT2D eigenvalue weighted by atomic mass is 10.1. The maximum atomic E-state index is 11.3. The van der Waals surface area contributed by atoms with Crippen molar-refractivity contribution in [3.05, 3.63) is 5.89 Å². The molecule has 1 saturated heterocycles. The molecule has 0 aliphatic carbocycles. The molecule has 3 N–H and O–H groups in total. The minimum atomic E-state index is -2.83. The molecule has 0 amide bonds. The third-order valence-corrected chi connectivity index (χ3v) is 4.54. The van der Waals surface area contributed by atoms with Gasteiger partial charge in [-0.2, -0.15) is 0 Å². The molecular formula is C9H16N4O3S. The van der Waals surface area contributed by atoms with E-state index >= 15 is 0 Å². The van der Waals surface area contributed by atoms with Crippen molar-refractivity contribution in [1.29, 1.82) is 0 Å². The SMILES string of the molecule is CC(N)c1nnc(NCC2CCS(=O)(=O)C2)o1. The Morgan fingerprint density at radius 3 is 2.88 bits per heavy atom. The third-order valence-electron chi connectivity index (χ3n) is 2.70. The fourth-order valence-electron chi connectivity index (χ4n) is 1.75. The predicted molar refractivity (Wildman–Crippen MR) is 62.2 cm³/mol. The molecule has 17 heavy (non-hydrogen) atoms. The average molecular weight is 260 g/mol. The van der Waals surface area contributed by atoms with Gasteiger partial charge in [0.25, 0.3) is 0 Å². The molecule has 7 nitrogen and oxygen atoms in total. The normalized spacial score (nSPS) is 24.7. The van der Waals surface area contributed by atoms with Crippen LogP contribution in [0.4, 0.5) is 6.01 Å². The molecule has 0 spiro atoms. The summed E-state index contributed by atoms with van der Waals surface area (Å²) in [6.45, 7) is 2.28. The molecule has 8 heteroatoms. The molecule has 1 aromatic rings. The number of sulfone groups is 1. The van der Waals surface area contributed by atoms with E-state index < -0.39 is 9.84 Å². The Balaban J connectivity index is 1.86. The Hall–Kier alpha value is -1.15. The molecule has 2 heterocycles. The second kappa shape index (κ2) is 4.61. The van der Waals surface area contributed by atoms with E-state index in [1.165, 1.54) is 0 Å². The van der Waals surface area contributed by atoms with Crippen LogP contribution in [0, 0.1) is 5.92 Å². The molecule has 0 bridgehead atoms. The molecular weight excluding hydrogens is 244 g/mol. The third kappa shape index (κ3) is 3.16. The van der Waals surface area contributed by atoms with E-state index in [1.54, 1.807) is 6.92 Å². The first-order valence-electron chi connectivity index (χ1n) is 5.49. The van der Waals surface area contributed by atoms with Crippen LogP contribution in [0.15, 0.2) is 4.42 Å². The monoisotopic (exact) mass is 260 g/mol. The minimum absolute atomic E-state index is 0.116. The van der Waals surface area contributed by atoms with Gasteiger partial charge in [-0.1, -0.05) is 5.10 Å². The topological polar surface area (TPSA) is 111 Å². The zero-order chi connectivity index (χ0) is 12.5. The Labute approximate surface area is 99.7 Å². The van der Waals surface area contributed by atoms with Gasteiger partial charge in [0.2, 0.25) is 5.89 Å². The molecule has 96 valence electrons. The number of hydrogen-bond donors (Lipinski definition) is 2. The number of nitrogens with one attached hydrogen (secondary N) is 1. The van der Waals surface area contributed by atoms with Crippen molar-refractivity contribution in [2.24, 2.45) is 11.7 Å². The second-order valence-corrected chi connectivity index (χ2v) is 6.61. The fourth-order valence-corrected chi connectivity index (χ4v) is 3.62. The van der Waals surface area contributed by atoms with E-state index in [0.29, 0.717) is 24.9 Å². The quantitative estimate of drug-likeness (QED) is 0.779. The van der Waals surface area contributed by atoms with Crippen LogP contribution in [-0.2, 0) is 9.84 Å². The Morgan fingerprint density at radius 1 is 1.59 bits per heavy atom. The van der Waals surface area contributed by atoms with Crippen LogP contribution in [0.3, 0.4) is 0 Å². The first kappa shape index (κ1) is 12.3. The molecule has 0 aromatic carbocycles. The lowest BCUT2D eigenvalue weighted by Crippen LogP contribution is -2.15. The van der Waals surface area contributed by atoms with E-state index in [9.17, 15) is 8.42 Å². The molecule has 2 atom stereocenters. The molecule has 0 saturated carbocycles. The maximum Gasteiger partial charge on any atom is 0.315 e. The highest BCUT2D eigenvalue weighted by Crippen LogP contribution is 2.19. The van der Waals surface area contributed by atoms with Gasteiger partial charge in [0, 0.05) is 6.54 Å². The number of hydrogen-bond acceptors (Lipinski definition) is 7. The first-order valence-corrected chi connectivity index (χ1v) is 7.32. The number of nitrogens with zero attached hydrogens (tertiary/aromatic N) is 2. The zero-order valence-electron chi connectivity index (χ0n) is 9.59. The van der Waals surface area contributed by atoms with Gasteiger partial charge in [0.1, 0.15) is 0 Å². The lowest BCUT2D eigenvalue weighted by Gasteiger charge is -2.06. The Kier molecular flexibility index (Phi) is 3.34. The van der Waals surface area contributed by atoms with E-state index in [4.69, 9.17) is 10.2 Å². The standard InChI is InChI=1S/C9H16N4O3S/c1-6(10)8-12-13-9(16-8)11-4-7-2-3-17(14,15)5-7/h6-7H,2-5,10H2,1H3,(H,11,13). The van der Waals surface area contributed by atoms with Gasteiger partial charge < -0.3 is 15.5 Å². The van der Waals surface area contributed by atoms with Crippen molar-refractivity contribution in [3.8, 4) is 0 Å². The van der Waals surface area contributed by atoms with Crippen molar-refractivity contribution in [2.75, 3.05) is 23.4 Å². The molecule has 1 aliphatic rings. The summed E-state index contributed by atoms with van der Waals surface area (Å²) < 4.78 is 27.7. The van der Waals surface area contributed by atoms with Crippen molar-refractivity contribution >= 4 is 15.9 Å². The summed E-state index contributed by atoms with van der Waals surface area (Å²) in [5.41, 5.74) is 5.58. The molecule has 1 aliphatic heterocycles. The maximum absolute atomic E-state index is 11.3. The van der Waals surface area contributed by atoms with Crippen LogP contribution in [0.2, 0.25) is 0 Å². The Morgan fingerprint density at radius 2 is 2.35 bits per heavy atom. The Bertz CT molecular complexity index is 482. The van der Waals surface area contributed by atoms with Gasteiger partial charge >= 0.3 is 6.01 Å². The first-order chi connectivity index (χ1) is 7.96. The molecule has 2 unspecified atom stereocenters. The molecule has 2 rings (SSSR count). The minimum Gasteiger partial charge on any atom is -0.406 e. The van der Waals surface area contributed by atoms with E-state index in [-0.39, 0.29) is 23.5 Å². The number of anilines is 1. The summed E-state index contributed by atoms with van der Waals surface area (Å²) >= 11 is 0. The van der Waals surface area contributed by atoms with Gasteiger partial charge in [0.05, 0.1) is 17.5 Å². The number of rotatable bonds is 4. The van der Waals surface area contributed by atoms with E-state index in [1.807, 2.05) is 0 Å². The number of nitrogens with two attached hydrogens (primary N) is 1. The average Bonchev–Trinajstić information content (AvgIpc) is 2.81. The summed E-state index contributed by atoms with van der Waals surface area (Å²) in [4.78, 5) is 0. The summed E-state index contributed by atoms with van der Waals surface area (Å²) in [6.07, 6.45) is 0.684. The van der Waals surface area contributed by atoms with Crippen molar-refractivity contribution in [2.45, 2.75) is 19.4 Å². The summed E-state index contributed by atoms with van der Waals surface area (Å²) in [7, 11) is -2.83. The molecule has 1 fully saturated rings. The van der Waals surface area contributed by atoms with Gasteiger partial charge in [-0.15, -0.1) is 5.10 Å².